The summed E-state index contributed by atoms with van der Waals surface area (Å²) in [7, 11) is 0. The Bertz CT molecular complexity index is 4770. The Morgan fingerprint density at radius 1 is 0.397 bits per heavy atom. The second kappa shape index (κ2) is 61.5. The molecule has 0 bridgehead atoms. The SMILES string of the molecule is CC(C)C[C@H](NC(=O)[C@H](CCCNC(=N)N)NC(=O)[C@H](CCCNC(=N)N)NC(=O)[C@H](CC(C)C)NC(=O)[C@H](CCC(N)=O)NC(=O)[C@H](CC(N)=O)NC(=O)[C@H](Cc1c[nH]cn1)NC(=O)[C@@H](N)C(C)C)C(=O)N[C@@H](C)C(=O)N1CCC[C@H]1C(=O)N[C@@H](CO)C(=O)N[C@H](C(=O)N1CCC[C@H]1C(=O)N[C@H](C(=O)N[C@H](C(=O)N[C@@H](CC(C)C)C(=O)N[C@@H](CC(C)C)C(=O)N[C@@H](Cc1ccccc1)C(=O)O)C(C)C)C(C)C)C(C)C. The maximum atomic E-state index is 14.9. The van der Waals surface area contributed by atoms with Gasteiger partial charge in [-0.15, -0.1) is 0 Å². The van der Waals surface area contributed by atoms with Crippen molar-refractivity contribution in [2.24, 2.45) is 76.0 Å². The summed E-state index contributed by atoms with van der Waals surface area (Å²) in [5.41, 5.74) is 29.3. The summed E-state index contributed by atoms with van der Waals surface area (Å²) in [5.74, 6) is -22.7. The number of aliphatic carboxylic acids is 1. The highest BCUT2D eigenvalue weighted by Crippen LogP contribution is 2.25. The molecule has 2 aliphatic heterocycles. The number of likely N-dealkylation sites (tertiary alicyclic amines) is 2. The van der Waals surface area contributed by atoms with Crippen molar-refractivity contribution in [1.29, 1.82) is 10.8 Å². The van der Waals surface area contributed by atoms with Gasteiger partial charge in [-0.2, -0.15) is 0 Å². The Balaban J connectivity index is 1.52. The number of aromatic amines is 1. The monoisotopic (exact) mass is 2060 g/mol. The van der Waals surface area contributed by atoms with Gasteiger partial charge in [-0.3, -0.25) is 102 Å². The molecule has 0 saturated carbocycles. The molecule has 146 heavy (non-hydrogen) atoms. The predicted octanol–water partition coefficient (Wildman–Crippen LogP) is -4.65. The Morgan fingerprint density at radius 3 is 1.16 bits per heavy atom. The fourth-order valence-corrected chi connectivity index (χ4v) is 16.5. The molecule has 2 saturated heterocycles. The van der Waals surface area contributed by atoms with Gasteiger partial charge in [-0.1, -0.05) is 141 Å². The van der Waals surface area contributed by atoms with Gasteiger partial charge in [0.1, 0.15) is 103 Å². The first-order chi connectivity index (χ1) is 68.4. The van der Waals surface area contributed by atoms with Gasteiger partial charge < -0.3 is 144 Å². The molecule has 4 rings (SSSR count). The fourth-order valence-electron chi connectivity index (χ4n) is 16.5. The molecule has 0 radical (unpaired) electrons. The number of guanidine groups is 2. The van der Waals surface area contributed by atoms with E-state index in [9.17, 15) is 106 Å². The van der Waals surface area contributed by atoms with Crippen LogP contribution < -0.4 is 119 Å². The molecule has 19 amide bonds. The van der Waals surface area contributed by atoms with Gasteiger partial charge in [-0.05, 0) is 143 Å². The normalized spacial score (nSPS) is 16.8. The lowest BCUT2D eigenvalue weighted by atomic mass is 9.97. The summed E-state index contributed by atoms with van der Waals surface area (Å²) in [6.45, 7) is 27.5. The molecule has 3 heterocycles. The number of H-pyrrole nitrogens is 1. The first kappa shape index (κ1) is 125. The topological polar surface area (TPSA) is 799 Å². The third-order valence-corrected chi connectivity index (χ3v) is 24.4. The molecule has 1 aromatic heterocycles. The van der Waals surface area contributed by atoms with Gasteiger partial charge in [-0.25, -0.2) is 9.78 Å². The van der Waals surface area contributed by atoms with Crippen LogP contribution in [0.3, 0.4) is 0 Å². The van der Waals surface area contributed by atoms with E-state index < -0.39 is 288 Å². The average Bonchev–Trinajstić information content (AvgIpc) is 1.66. The summed E-state index contributed by atoms with van der Waals surface area (Å²) >= 11 is 0. The maximum Gasteiger partial charge on any atom is 0.326 e. The number of hydrogen-bond donors (Lipinski definition) is 27. The Hall–Kier alpha value is -13.7. The van der Waals surface area contributed by atoms with Crippen molar-refractivity contribution in [3.8, 4) is 0 Å². The molecule has 32 N–H and O–H groups in total. The molecule has 2 aromatic rings. The van der Waals surface area contributed by atoms with Crippen LogP contribution in [0, 0.1) is 58.2 Å². The molecule has 0 unspecified atom stereocenters. The van der Waals surface area contributed by atoms with Gasteiger partial charge in [0.25, 0.3) is 0 Å². The van der Waals surface area contributed by atoms with E-state index in [1.165, 1.54) is 24.3 Å². The number of primary amides is 2. The third-order valence-electron chi connectivity index (χ3n) is 24.4. The van der Waals surface area contributed by atoms with E-state index in [4.69, 9.17) is 39.5 Å². The zero-order valence-electron chi connectivity index (χ0n) is 86.9. The molecule has 18 atom stereocenters. The summed E-state index contributed by atoms with van der Waals surface area (Å²) in [6.07, 6.45) is 0.833. The minimum Gasteiger partial charge on any atom is -0.480 e. The highest BCUT2D eigenvalue weighted by atomic mass is 16.4. The second-order valence-corrected chi connectivity index (χ2v) is 40.4. The van der Waals surface area contributed by atoms with Crippen LogP contribution in [0.25, 0.3) is 0 Å². The van der Waals surface area contributed by atoms with Crippen LogP contribution in [0.15, 0.2) is 42.9 Å². The lowest BCUT2D eigenvalue weighted by Gasteiger charge is -2.33. The molecule has 0 spiro atoms. The molecular weight excluding hydrogens is 1900 g/mol. The van der Waals surface area contributed by atoms with Crippen LogP contribution >= 0.6 is 0 Å². The fraction of sp³-hybridized carbons (Fsp3) is 0.677. The minimum absolute atomic E-state index is 0.0139. The molecule has 1 aromatic carbocycles. The molecule has 2 fully saturated rings. The molecule has 2 aliphatic rings. The summed E-state index contributed by atoms with van der Waals surface area (Å²) in [5, 5.41) is 80.7. The zero-order chi connectivity index (χ0) is 110. The van der Waals surface area contributed by atoms with Crippen LogP contribution in [0.1, 0.15) is 225 Å². The minimum atomic E-state index is -1.83. The number of hydrogen-bond acceptors (Lipinski definition) is 25. The predicted molar refractivity (Wildman–Crippen MR) is 537 cm³/mol. The van der Waals surface area contributed by atoms with Crippen LogP contribution in [0.5, 0.6) is 0 Å². The van der Waals surface area contributed by atoms with E-state index in [2.05, 4.69) is 100 Å². The number of nitrogens with one attached hydrogen (secondary N) is 20. The molecule has 0 aliphatic carbocycles. The van der Waals surface area contributed by atoms with E-state index in [-0.39, 0.29) is 133 Å². The molecule has 50 nitrogen and oxygen atoms in total. The maximum absolute atomic E-state index is 14.9. The Morgan fingerprint density at radius 2 is 0.760 bits per heavy atom. The van der Waals surface area contributed by atoms with Gasteiger partial charge in [0.2, 0.25) is 112 Å². The number of rotatable bonds is 63. The lowest BCUT2D eigenvalue weighted by Crippen LogP contribution is -2.62. The number of carboxylic acid groups (broad SMARTS) is 1. The summed E-state index contributed by atoms with van der Waals surface area (Å²) in [6, 6.07) is -16.9. The lowest BCUT2D eigenvalue weighted by molar-refractivity contribution is -0.144. The standard InChI is InChI=1S/C96H160N28O22/c1-47(2)37-61(112-78(129)59(28-22-34-106-96(102)103)109-77(128)58(27-21-33-105-95(100)101)110-81(132)62(38-48(3)4)113-79(130)60(31-32-71(97)126)111-85(136)66(43-72(98)127)115-84(135)65(42-57-44-104-46-107-57)116-89(140)73(99)51(9)10)80(131)108-55(17)92(143)123-35-23-29-69(123)87(138)119-68(45-125)86(137)122-76(54(15)16)93(144)124-36-24-30-70(124)88(139)120-75(53(13)14)91(142)121-74(52(11)12)90(141)117-64(40-50(7)8)82(133)114-63(39-49(5)6)83(134)118-67(94(145)146)41-56-25-19-18-20-26-56/h18-20,25-26,44,46-55,58-70,73-76,125H,21-24,27-43,45,99H2,1-17H3,(H2,97,126)(H2,98,127)(H,104,107)(H,108,131)(H,109,128)(H,110,132)(H,111,136)(H,112,129)(H,113,130)(H,114,133)(H,115,135)(H,116,140)(H,117,141)(H,118,134)(H,119,138)(H,120,139)(H,121,142)(H,122,137)(H,145,146)(H4,100,101,105)(H4,102,103,106)/t55-,58-,59-,60-,61-,62-,63-,64-,65-,66-,67-,68-,69-,70-,73-,74-,75-,76-/m0/s1. The Labute approximate surface area is 851 Å². The zero-order valence-corrected chi connectivity index (χ0v) is 86.9. The van der Waals surface area contributed by atoms with Gasteiger partial charge in [0.15, 0.2) is 11.9 Å². The second-order valence-electron chi connectivity index (χ2n) is 40.4. The van der Waals surface area contributed by atoms with E-state index >= 15 is 0 Å². The number of aliphatic hydroxyl groups excluding tert-OH is 1. The van der Waals surface area contributed by atoms with E-state index in [0.29, 0.717) is 17.7 Å². The summed E-state index contributed by atoms with van der Waals surface area (Å²) < 4.78 is 0. The summed E-state index contributed by atoms with van der Waals surface area (Å²) in [4.78, 5) is 291. The molecule has 816 valence electrons. The quantitative estimate of drug-likeness (QED) is 0.0168. The number of carboxylic acids is 1. The van der Waals surface area contributed by atoms with Gasteiger partial charge in [0.05, 0.1) is 31.1 Å². The smallest absolute Gasteiger partial charge is 0.326 e. The highest BCUT2D eigenvalue weighted by molar-refractivity contribution is 6.03. The number of aliphatic hydroxyl groups is 1. The molecular formula is C96H160N28O22. The third kappa shape index (κ3) is 42.5. The van der Waals surface area contributed by atoms with Crippen LogP contribution in [-0.4, -0.2) is 302 Å². The number of imidazole rings is 1. The first-order valence-electron chi connectivity index (χ1n) is 50.0. The number of nitrogens with two attached hydrogens (primary N) is 5. The van der Waals surface area contributed by atoms with E-state index in [1.54, 1.807) is 113 Å². The number of aromatic nitrogens is 2. The number of nitrogens with zero attached hydrogens (tertiary/aromatic N) is 3. The van der Waals surface area contributed by atoms with Crippen molar-refractivity contribution in [2.45, 2.75) is 336 Å². The van der Waals surface area contributed by atoms with Gasteiger partial charge >= 0.3 is 5.97 Å². The highest BCUT2D eigenvalue weighted by Gasteiger charge is 2.46. The molecule has 50 heteroatoms. The van der Waals surface area contributed by atoms with Crippen LogP contribution in [-0.2, 0) is 109 Å². The van der Waals surface area contributed by atoms with Crippen molar-refractivity contribution in [2.75, 3.05) is 32.8 Å². The van der Waals surface area contributed by atoms with Crippen LogP contribution in [0.2, 0.25) is 0 Å². The largest absolute Gasteiger partial charge is 0.480 e. The average molecular weight is 2060 g/mol. The number of benzene rings is 1. The number of amides is 19. The van der Waals surface area contributed by atoms with Crippen molar-refractivity contribution in [1.82, 2.24) is 110 Å². The van der Waals surface area contributed by atoms with Crippen molar-refractivity contribution >= 4 is 130 Å². The number of carbonyl (C=O) groups excluding carboxylic acids is 19. The van der Waals surface area contributed by atoms with E-state index in [1.807, 2.05) is 27.7 Å². The van der Waals surface area contributed by atoms with Crippen molar-refractivity contribution in [3.05, 3.63) is 54.1 Å². The number of carbonyl (C=O) groups is 20. The van der Waals surface area contributed by atoms with Gasteiger partial charge in [0, 0.05) is 51.6 Å². The Kier molecular flexibility index (Phi) is 52.5. The van der Waals surface area contributed by atoms with Crippen molar-refractivity contribution in [3.63, 3.8) is 0 Å². The van der Waals surface area contributed by atoms with Crippen molar-refractivity contribution < 1.29 is 106 Å². The van der Waals surface area contributed by atoms with Crippen LogP contribution in [0.4, 0.5) is 0 Å². The first-order valence-corrected chi connectivity index (χ1v) is 50.0. The van der Waals surface area contributed by atoms with E-state index in [0.717, 1.165) is 4.90 Å².